The molecule has 38 heavy (non-hydrogen) atoms. The SMILES string of the molecule is O=C1c2c(nc(OC[C@@]34CCCN3C[C@H](F)C4)nc2N2CCCCC2)CN1c1cc(O)cc2ccccc12. The fourth-order valence-corrected chi connectivity index (χ4v) is 6.90. The predicted octanol–water partition coefficient (Wildman–Crippen LogP) is 4.44. The molecule has 0 bridgehead atoms. The van der Waals surface area contributed by atoms with Crippen LogP contribution >= 0.6 is 0 Å². The molecule has 5 heterocycles. The quantitative estimate of drug-likeness (QED) is 0.536. The highest BCUT2D eigenvalue weighted by Crippen LogP contribution is 2.42. The van der Waals surface area contributed by atoms with Crippen molar-refractivity contribution in [2.45, 2.75) is 56.8 Å². The maximum Gasteiger partial charge on any atom is 0.318 e. The Balaban J connectivity index is 1.25. The van der Waals surface area contributed by atoms with Crippen molar-refractivity contribution < 1.29 is 19.0 Å². The van der Waals surface area contributed by atoms with Crippen molar-refractivity contribution in [2.75, 3.05) is 42.6 Å². The summed E-state index contributed by atoms with van der Waals surface area (Å²) in [5, 5.41) is 12.2. The van der Waals surface area contributed by atoms with Gasteiger partial charge in [0.05, 0.1) is 23.5 Å². The van der Waals surface area contributed by atoms with E-state index in [0.29, 0.717) is 42.3 Å². The van der Waals surface area contributed by atoms with Gasteiger partial charge in [0.25, 0.3) is 5.91 Å². The molecule has 3 fully saturated rings. The van der Waals surface area contributed by atoms with E-state index in [1.807, 2.05) is 24.3 Å². The molecule has 0 spiro atoms. The fourth-order valence-electron chi connectivity index (χ4n) is 6.90. The summed E-state index contributed by atoms with van der Waals surface area (Å²) in [4.78, 5) is 29.5. The molecule has 2 atom stereocenters. The van der Waals surface area contributed by atoms with E-state index in [1.54, 1.807) is 17.0 Å². The monoisotopic (exact) mass is 517 g/mol. The van der Waals surface area contributed by atoms with Crippen LogP contribution in [0.15, 0.2) is 36.4 Å². The van der Waals surface area contributed by atoms with Crippen LogP contribution < -0.4 is 14.5 Å². The summed E-state index contributed by atoms with van der Waals surface area (Å²) in [7, 11) is 0. The minimum absolute atomic E-state index is 0.108. The number of benzene rings is 2. The van der Waals surface area contributed by atoms with Crippen molar-refractivity contribution in [1.29, 1.82) is 0 Å². The average Bonchev–Trinajstić information content (AvgIpc) is 3.56. The van der Waals surface area contributed by atoms with Crippen LogP contribution in [0.3, 0.4) is 0 Å². The molecule has 0 aliphatic carbocycles. The molecule has 198 valence electrons. The number of carbonyl (C=O) groups is 1. The molecule has 4 aliphatic heterocycles. The van der Waals surface area contributed by atoms with Crippen molar-refractivity contribution in [1.82, 2.24) is 14.9 Å². The lowest BCUT2D eigenvalue weighted by atomic mass is 9.95. The molecule has 3 aromatic rings. The van der Waals surface area contributed by atoms with Gasteiger partial charge in [-0.3, -0.25) is 9.69 Å². The van der Waals surface area contributed by atoms with E-state index in [-0.39, 0.29) is 29.8 Å². The van der Waals surface area contributed by atoms with E-state index in [9.17, 15) is 14.3 Å². The third-order valence-electron chi connectivity index (χ3n) is 8.71. The minimum Gasteiger partial charge on any atom is -0.508 e. The summed E-state index contributed by atoms with van der Waals surface area (Å²) >= 11 is 0. The van der Waals surface area contributed by atoms with E-state index >= 15 is 0 Å². The van der Waals surface area contributed by atoms with Crippen molar-refractivity contribution >= 4 is 28.2 Å². The Morgan fingerprint density at radius 3 is 2.79 bits per heavy atom. The van der Waals surface area contributed by atoms with E-state index in [1.165, 1.54) is 0 Å². The Morgan fingerprint density at radius 2 is 1.92 bits per heavy atom. The number of halogens is 1. The number of aromatic hydroxyl groups is 1. The largest absolute Gasteiger partial charge is 0.508 e. The van der Waals surface area contributed by atoms with Gasteiger partial charge in [-0.15, -0.1) is 0 Å². The molecule has 1 aromatic heterocycles. The number of carbonyl (C=O) groups excluding carboxylic acids is 1. The van der Waals surface area contributed by atoms with Crippen molar-refractivity contribution in [2.24, 2.45) is 0 Å². The second-order valence-electron chi connectivity index (χ2n) is 11.1. The lowest BCUT2D eigenvalue weighted by molar-refractivity contribution is 0.0996. The number of hydrogen-bond donors (Lipinski definition) is 1. The number of rotatable bonds is 5. The molecule has 8 nitrogen and oxygen atoms in total. The first-order valence-corrected chi connectivity index (χ1v) is 13.7. The fraction of sp³-hybridized carbons (Fsp3) is 0.483. The Hall–Kier alpha value is -3.46. The molecule has 1 N–H and O–H groups in total. The zero-order chi connectivity index (χ0) is 25.9. The molecular weight excluding hydrogens is 485 g/mol. The zero-order valence-electron chi connectivity index (χ0n) is 21.4. The van der Waals surface area contributed by atoms with Crippen LogP contribution in [0, 0.1) is 0 Å². The van der Waals surface area contributed by atoms with Crippen LogP contribution in [0.5, 0.6) is 11.8 Å². The van der Waals surface area contributed by atoms with Crippen LogP contribution in [0.4, 0.5) is 15.9 Å². The highest BCUT2D eigenvalue weighted by molar-refractivity contribution is 6.16. The number of nitrogens with zero attached hydrogens (tertiary/aromatic N) is 5. The van der Waals surface area contributed by atoms with E-state index in [0.717, 1.165) is 62.5 Å². The van der Waals surface area contributed by atoms with Gasteiger partial charge in [-0.1, -0.05) is 24.3 Å². The first-order valence-electron chi connectivity index (χ1n) is 13.7. The molecule has 2 aromatic carbocycles. The summed E-state index contributed by atoms with van der Waals surface area (Å²) < 4.78 is 20.5. The number of fused-ring (bicyclic) bond motifs is 3. The number of ether oxygens (including phenoxy) is 1. The topological polar surface area (TPSA) is 82.0 Å². The first kappa shape index (κ1) is 23.6. The zero-order valence-corrected chi connectivity index (χ0v) is 21.4. The maximum absolute atomic E-state index is 14.3. The van der Waals surface area contributed by atoms with Gasteiger partial charge in [0.15, 0.2) is 0 Å². The van der Waals surface area contributed by atoms with Crippen LogP contribution in [-0.4, -0.2) is 70.4 Å². The maximum atomic E-state index is 14.3. The molecule has 0 saturated carbocycles. The van der Waals surface area contributed by atoms with Gasteiger partial charge in [0.2, 0.25) is 0 Å². The second-order valence-corrected chi connectivity index (χ2v) is 11.1. The Bertz CT molecular complexity index is 1410. The van der Waals surface area contributed by atoms with Crippen LogP contribution in [-0.2, 0) is 6.54 Å². The number of aromatic nitrogens is 2. The normalized spacial score (nSPS) is 25.3. The summed E-state index contributed by atoms with van der Waals surface area (Å²) in [5.41, 5.74) is 1.49. The smallest absolute Gasteiger partial charge is 0.318 e. The van der Waals surface area contributed by atoms with Crippen molar-refractivity contribution in [3.05, 3.63) is 47.7 Å². The van der Waals surface area contributed by atoms with Gasteiger partial charge in [-0.2, -0.15) is 9.97 Å². The molecule has 3 saturated heterocycles. The summed E-state index contributed by atoms with van der Waals surface area (Å²) in [6.07, 6.45) is 4.85. The van der Waals surface area contributed by atoms with Crippen LogP contribution in [0.25, 0.3) is 10.8 Å². The van der Waals surface area contributed by atoms with Gasteiger partial charge < -0.3 is 19.6 Å². The lowest BCUT2D eigenvalue weighted by Gasteiger charge is -2.31. The predicted molar refractivity (Wildman–Crippen MR) is 143 cm³/mol. The molecule has 9 heteroatoms. The summed E-state index contributed by atoms with van der Waals surface area (Å²) in [6.45, 7) is 3.63. The number of hydrogen-bond acceptors (Lipinski definition) is 7. The molecular formula is C29H32FN5O3. The number of amides is 1. The van der Waals surface area contributed by atoms with Crippen molar-refractivity contribution in [3.63, 3.8) is 0 Å². The van der Waals surface area contributed by atoms with Crippen LogP contribution in [0.2, 0.25) is 0 Å². The average molecular weight is 518 g/mol. The summed E-state index contributed by atoms with van der Waals surface area (Å²) in [6, 6.07) is 11.3. The molecule has 7 rings (SSSR count). The lowest BCUT2D eigenvalue weighted by Crippen LogP contribution is -2.43. The highest BCUT2D eigenvalue weighted by Gasteiger charge is 2.49. The van der Waals surface area contributed by atoms with Gasteiger partial charge in [0.1, 0.15) is 29.9 Å². The summed E-state index contributed by atoms with van der Waals surface area (Å²) in [5.74, 6) is 0.564. The van der Waals surface area contributed by atoms with E-state index < -0.39 is 6.17 Å². The number of phenolic OH excluding ortho intramolecular Hbond substituents is 1. The minimum atomic E-state index is -0.827. The molecule has 0 unspecified atom stereocenters. The van der Waals surface area contributed by atoms with E-state index in [2.05, 4.69) is 9.80 Å². The number of phenols is 1. The van der Waals surface area contributed by atoms with E-state index in [4.69, 9.17) is 14.7 Å². The Morgan fingerprint density at radius 1 is 1.08 bits per heavy atom. The standard InChI is InChI=1S/C29H32FN5O3/c30-20-15-29(9-6-12-34(29)16-20)18-38-28-31-23-17-35(24-14-21(36)13-19-7-2-3-8-22(19)24)27(37)25(23)26(32-28)33-10-4-1-5-11-33/h2-3,7-8,13-14,20,36H,1,4-6,9-12,15-18H2/t20-,29+/m1/s1. The molecule has 1 amide bonds. The second kappa shape index (κ2) is 9.08. The third-order valence-corrected chi connectivity index (χ3v) is 8.71. The van der Waals surface area contributed by atoms with Gasteiger partial charge in [-0.25, -0.2) is 4.39 Å². The van der Waals surface area contributed by atoms with Crippen molar-refractivity contribution in [3.8, 4) is 11.8 Å². The van der Waals surface area contributed by atoms with Gasteiger partial charge in [-0.05, 0) is 50.1 Å². The molecule has 0 radical (unpaired) electrons. The Labute approximate surface area is 221 Å². The van der Waals surface area contributed by atoms with Crippen LogP contribution in [0.1, 0.15) is 54.6 Å². The number of piperidine rings is 1. The van der Waals surface area contributed by atoms with Gasteiger partial charge >= 0.3 is 6.01 Å². The number of alkyl halides is 1. The van der Waals surface area contributed by atoms with Gasteiger partial charge in [0, 0.05) is 37.5 Å². The first-order chi connectivity index (χ1) is 18.5. The number of anilines is 2. The highest BCUT2D eigenvalue weighted by atomic mass is 19.1. The molecule has 4 aliphatic rings. The third kappa shape index (κ3) is 3.86. The Kier molecular flexibility index (Phi) is 5.65.